The third kappa shape index (κ3) is 4.25. The standard InChI is InChI=1S/C18H24N4O3/c23-12-11-22-9-7-21(8-10-22)6-5-19-13-15-17(24)14-3-1-2-4-16(14)20-18(15)25/h1-4,13,19,23H,5-12H2,(H,20,25)/b15-13+. The number of rotatable bonds is 6. The number of β-amino-alcohol motifs (C(OH)–C–C–N with tert-alkyl or cyclic N) is 1. The van der Waals surface area contributed by atoms with Crippen molar-refractivity contribution in [3.8, 4) is 0 Å². The van der Waals surface area contributed by atoms with Crippen LogP contribution in [0.2, 0.25) is 0 Å². The minimum absolute atomic E-state index is 0.145. The summed E-state index contributed by atoms with van der Waals surface area (Å²) in [6, 6.07) is 7.03. The SMILES string of the molecule is O=C1Nc2ccccc2C(=O)/C1=C\NCCN1CCN(CCO)CC1. The number of nitrogens with zero attached hydrogens (tertiary/aromatic N) is 2. The molecule has 0 aromatic heterocycles. The number of para-hydroxylation sites is 1. The quantitative estimate of drug-likeness (QED) is 0.380. The Kier molecular flexibility index (Phi) is 5.80. The molecular formula is C18H24N4O3. The summed E-state index contributed by atoms with van der Waals surface area (Å²) < 4.78 is 0. The van der Waals surface area contributed by atoms with Gasteiger partial charge in [0.05, 0.1) is 12.3 Å². The number of fused-ring (bicyclic) bond motifs is 1. The van der Waals surface area contributed by atoms with Crippen molar-refractivity contribution in [1.29, 1.82) is 0 Å². The molecule has 1 aromatic carbocycles. The highest BCUT2D eigenvalue weighted by Gasteiger charge is 2.27. The molecule has 7 heteroatoms. The van der Waals surface area contributed by atoms with Crippen LogP contribution < -0.4 is 10.6 Å². The van der Waals surface area contributed by atoms with Crippen molar-refractivity contribution in [3.63, 3.8) is 0 Å². The molecule has 0 atom stereocenters. The van der Waals surface area contributed by atoms with Crippen LogP contribution in [0.5, 0.6) is 0 Å². The smallest absolute Gasteiger partial charge is 0.261 e. The van der Waals surface area contributed by atoms with E-state index in [2.05, 4.69) is 20.4 Å². The van der Waals surface area contributed by atoms with E-state index in [1.54, 1.807) is 24.3 Å². The second kappa shape index (κ2) is 8.24. The predicted molar refractivity (Wildman–Crippen MR) is 95.5 cm³/mol. The summed E-state index contributed by atoms with van der Waals surface area (Å²) in [7, 11) is 0. The number of anilines is 1. The Bertz CT molecular complexity index is 666. The van der Waals surface area contributed by atoms with Gasteiger partial charge in [0.1, 0.15) is 5.57 Å². The summed E-state index contributed by atoms with van der Waals surface area (Å²) in [5, 5.41) is 14.8. The normalized spacial score (nSPS) is 20.4. The highest BCUT2D eigenvalue weighted by molar-refractivity contribution is 6.33. The number of ketones is 1. The number of carbonyl (C=O) groups is 2. The Balaban J connectivity index is 1.48. The first-order valence-electron chi connectivity index (χ1n) is 8.63. The number of amides is 1. The fourth-order valence-electron chi connectivity index (χ4n) is 3.13. The molecule has 7 nitrogen and oxygen atoms in total. The van der Waals surface area contributed by atoms with E-state index in [1.165, 1.54) is 6.20 Å². The third-order valence-electron chi connectivity index (χ3n) is 4.61. The molecule has 25 heavy (non-hydrogen) atoms. The summed E-state index contributed by atoms with van der Waals surface area (Å²) in [6.07, 6.45) is 1.52. The number of benzene rings is 1. The molecule has 0 spiro atoms. The van der Waals surface area contributed by atoms with Crippen LogP contribution in [0, 0.1) is 0 Å². The lowest BCUT2D eigenvalue weighted by molar-refractivity contribution is -0.112. The summed E-state index contributed by atoms with van der Waals surface area (Å²) >= 11 is 0. The molecular weight excluding hydrogens is 320 g/mol. The number of piperazine rings is 1. The molecule has 0 saturated carbocycles. The van der Waals surface area contributed by atoms with Gasteiger partial charge in [-0.25, -0.2) is 0 Å². The van der Waals surface area contributed by atoms with Crippen molar-refractivity contribution in [1.82, 2.24) is 15.1 Å². The van der Waals surface area contributed by atoms with Crippen molar-refractivity contribution in [3.05, 3.63) is 41.6 Å². The first kappa shape index (κ1) is 17.6. The number of nitrogens with one attached hydrogen (secondary N) is 2. The van der Waals surface area contributed by atoms with E-state index in [4.69, 9.17) is 5.11 Å². The maximum absolute atomic E-state index is 12.4. The average molecular weight is 344 g/mol. The van der Waals surface area contributed by atoms with Gasteiger partial charge in [-0.05, 0) is 12.1 Å². The minimum atomic E-state index is -0.367. The molecule has 1 amide bonds. The molecule has 134 valence electrons. The Labute approximate surface area is 147 Å². The van der Waals surface area contributed by atoms with Crippen LogP contribution in [0.4, 0.5) is 5.69 Å². The molecule has 1 fully saturated rings. The summed E-state index contributed by atoms with van der Waals surface area (Å²) in [6.45, 7) is 6.30. The lowest BCUT2D eigenvalue weighted by Gasteiger charge is -2.34. The van der Waals surface area contributed by atoms with Crippen molar-refractivity contribution in [2.45, 2.75) is 0 Å². The number of Topliss-reactive ketones (excluding diaryl/α,β-unsaturated/α-hetero) is 1. The molecule has 2 aliphatic heterocycles. The molecule has 2 aliphatic rings. The van der Waals surface area contributed by atoms with Gasteiger partial charge in [-0.3, -0.25) is 19.4 Å². The predicted octanol–water partition coefficient (Wildman–Crippen LogP) is -0.0952. The fraction of sp³-hybridized carbons (Fsp3) is 0.444. The van der Waals surface area contributed by atoms with Crippen molar-refractivity contribution < 1.29 is 14.7 Å². The van der Waals surface area contributed by atoms with Gasteiger partial charge in [-0.15, -0.1) is 0 Å². The monoisotopic (exact) mass is 344 g/mol. The van der Waals surface area contributed by atoms with Crippen LogP contribution >= 0.6 is 0 Å². The van der Waals surface area contributed by atoms with Gasteiger partial charge in [-0.1, -0.05) is 12.1 Å². The van der Waals surface area contributed by atoms with Gasteiger partial charge < -0.3 is 15.7 Å². The Morgan fingerprint density at radius 2 is 1.76 bits per heavy atom. The average Bonchev–Trinajstić information content (AvgIpc) is 2.62. The summed E-state index contributed by atoms with van der Waals surface area (Å²) in [5.74, 6) is -0.613. The Morgan fingerprint density at radius 1 is 1.08 bits per heavy atom. The lowest BCUT2D eigenvalue weighted by Crippen LogP contribution is -2.48. The molecule has 0 aliphatic carbocycles. The molecule has 2 heterocycles. The fourth-order valence-corrected chi connectivity index (χ4v) is 3.13. The van der Waals surface area contributed by atoms with E-state index in [9.17, 15) is 9.59 Å². The van der Waals surface area contributed by atoms with Gasteiger partial charge in [0.15, 0.2) is 0 Å². The summed E-state index contributed by atoms with van der Waals surface area (Å²) in [5.41, 5.74) is 1.23. The van der Waals surface area contributed by atoms with E-state index in [0.29, 0.717) is 17.8 Å². The van der Waals surface area contributed by atoms with E-state index in [-0.39, 0.29) is 23.9 Å². The van der Waals surface area contributed by atoms with Crippen LogP contribution in [-0.2, 0) is 4.79 Å². The first-order valence-corrected chi connectivity index (χ1v) is 8.63. The third-order valence-corrected chi connectivity index (χ3v) is 4.61. The zero-order valence-electron chi connectivity index (χ0n) is 14.2. The van der Waals surface area contributed by atoms with Crippen molar-refractivity contribution >= 4 is 17.4 Å². The minimum Gasteiger partial charge on any atom is -0.395 e. The van der Waals surface area contributed by atoms with Crippen LogP contribution in [-0.4, -0.2) is 79.0 Å². The lowest BCUT2D eigenvalue weighted by atomic mass is 9.98. The van der Waals surface area contributed by atoms with Gasteiger partial charge >= 0.3 is 0 Å². The maximum Gasteiger partial charge on any atom is 0.261 e. The molecule has 0 radical (unpaired) electrons. The van der Waals surface area contributed by atoms with Crippen molar-refractivity contribution in [2.24, 2.45) is 0 Å². The zero-order valence-corrected chi connectivity index (χ0v) is 14.2. The Hall–Kier alpha value is -2.22. The molecule has 1 aromatic rings. The van der Waals surface area contributed by atoms with Gasteiger partial charge in [0.25, 0.3) is 5.91 Å². The molecule has 0 bridgehead atoms. The summed E-state index contributed by atoms with van der Waals surface area (Å²) in [4.78, 5) is 29.1. The maximum atomic E-state index is 12.4. The number of aliphatic hydroxyl groups is 1. The number of hydrogen-bond donors (Lipinski definition) is 3. The van der Waals surface area contributed by atoms with Crippen LogP contribution in [0.3, 0.4) is 0 Å². The van der Waals surface area contributed by atoms with E-state index >= 15 is 0 Å². The molecule has 0 unspecified atom stereocenters. The number of aliphatic hydroxyl groups excluding tert-OH is 1. The van der Waals surface area contributed by atoms with Crippen molar-refractivity contribution in [2.75, 3.05) is 57.7 Å². The van der Waals surface area contributed by atoms with E-state index in [1.807, 2.05) is 0 Å². The second-order valence-electron chi connectivity index (χ2n) is 6.25. The molecule has 3 rings (SSSR count). The topological polar surface area (TPSA) is 84.9 Å². The van der Waals surface area contributed by atoms with Crippen LogP contribution in [0.1, 0.15) is 10.4 Å². The highest BCUT2D eigenvalue weighted by atomic mass is 16.3. The van der Waals surface area contributed by atoms with E-state index in [0.717, 1.165) is 39.3 Å². The highest BCUT2D eigenvalue weighted by Crippen LogP contribution is 2.24. The second-order valence-corrected chi connectivity index (χ2v) is 6.25. The number of carbonyl (C=O) groups excluding carboxylic acids is 2. The first-order chi connectivity index (χ1) is 12.2. The molecule has 1 saturated heterocycles. The molecule has 3 N–H and O–H groups in total. The van der Waals surface area contributed by atoms with Crippen LogP contribution in [0.25, 0.3) is 0 Å². The van der Waals surface area contributed by atoms with Gasteiger partial charge in [0, 0.05) is 57.6 Å². The van der Waals surface area contributed by atoms with Gasteiger partial charge in [0.2, 0.25) is 5.78 Å². The number of hydrogen-bond acceptors (Lipinski definition) is 6. The van der Waals surface area contributed by atoms with Crippen LogP contribution in [0.15, 0.2) is 36.0 Å². The zero-order chi connectivity index (χ0) is 17.6. The largest absolute Gasteiger partial charge is 0.395 e. The van der Waals surface area contributed by atoms with E-state index < -0.39 is 0 Å². The van der Waals surface area contributed by atoms with Gasteiger partial charge in [-0.2, -0.15) is 0 Å². The Morgan fingerprint density at radius 3 is 2.48 bits per heavy atom.